The van der Waals surface area contributed by atoms with Gasteiger partial charge in [-0.3, -0.25) is 4.79 Å². The molecule has 1 fully saturated rings. The molecule has 0 unspecified atom stereocenters. The fourth-order valence-corrected chi connectivity index (χ4v) is 4.62. The second kappa shape index (κ2) is 9.18. The number of nitrogens with zero attached hydrogens (tertiary/aromatic N) is 1. The van der Waals surface area contributed by atoms with E-state index in [1.165, 1.54) is 4.31 Å². The number of piperidine rings is 1. The molecular formula is C18H28N2O3S. The van der Waals surface area contributed by atoms with Gasteiger partial charge in [0.2, 0.25) is 15.9 Å². The van der Waals surface area contributed by atoms with Crippen LogP contribution >= 0.6 is 0 Å². The number of amides is 1. The number of aryl methyl sites for hydroxylation is 1. The van der Waals surface area contributed by atoms with E-state index in [1.54, 1.807) is 0 Å². The van der Waals surface area contributed by atoms with Crippen LogP contribution in [-0.2, 0) is 21.2 Å². The zero-order chi connectivity index (χ0) is 17.4. The number of hydrogen-bond donors (Lipinski definition) is 1. The van der Waals surface area contributed by atoms with E-state index in [0.717, 1.165) is 31.2 Å². The zero-order valence-corrected chi connectivity index (χ0v) is 15.2. The van der Waals surface area contributed by atoms with Crippen LogP contribution in [0.4, 0.5) is 0 Å². The maximum Gasteiger partial charge on any atom is 0.224 e. The summed E-state index contributed by atoms with van der Waals surface area (Å²) in [5.74, 6) is -0.0826. The van der Waals surface area contributed by atoms with Crippen LogP contribution in [0.1, 0.15) is 38.2 Å². The molecule has 0 aromatic heterocycles. The predicted octanol–water partition coefficient (Wildman–Crippen LogP) is 2.19. The third-order valence-electron chi connectivity index (χ3n) is 4.41. The molecule has 5 nitrogen and oxygen atoms in total. The van der Waals surface area contributed by atoms with E-state index in [-0.39, 0.29) is 17.6 Å². The van der Waals surface area contributed by atoms with Crippen LogP contribution in [0.3, 0.4) is 0 Å². The van der Waals surface area contributed by atoms with E-state index in [1.807, 2.05) is 37.3 Å². The molecule has 0 spiro atoms. The second-order valence-electron chi connectivity index (χ2n) is 6.39. The Bertz CT molecular complexity index is 616. The first kappa shape index (κ1) is 18.9. The van der Waals surface area contributed by atoms with Crippen LogP contribution in [0.2, 0.25) is 0 Å². The predicted molar refractivity (Wildman–Crippen MR) is 96.1 cm³/mol. The van der Waals surface area contributed by atoms with Crippen molar-refractivity contribution >= 4 is 15.9 Å². The Balaban J connectivity index is 1.85. The molecule has 1 aromatic rings. The Morgan fingerprint density at radius 1 is 1.29 bits per heavy atom. The lowest BCUT2D eigenvalue weighted by molar-refractivity contribution is -0.126. The lowest BCUT2D eigenvalue weighted by atomic mass is 9.99. The Morgan fingerprint density at radius 3 is 2.75 bits per heavy atom. The van der Waals surface area contributed by atoms with Gasteiger partial charge in [0.05, 0.1) is 11.7 Å². The highest BCUT2D eigenvalue weighted by Crippen LogP contribution is 2.20. The average molecular weight is 353 g/mol. The van der Waals surface area contributed by atoms with Crippen molar-refractivity contribution in [1.82, 2.24) is 9.62 Å². The fraction of sp³-hybridized carbons (Fsp3) is 0.611. The van der Waals surface area contributed by atoms with Crippen molar-refractivity contribution in [1.29, 1.82) is 0 Å². The van der Waals surface area contributed by atoms with Gasteiger partial charge in [-0.15, -0.1) is 0 Å². The first-order valence-corrected chi connectivity index (χ1v) is 10.4. The van der Waals surface area contributed by atoms with E-state index in [2.05, 4.69) is 5.32 Å². The number of hydrogen-bond acceptors (Lipinski definition) is 3. The lowest BCUT2D eigenvalue weighted by Gasteiger charge is -2.31. The largest absolute Gasteiger partial charge is 0.356 e. The van der Waals surface area contributed by atoms with Crippen LogP contribution in [0.5, 0.6) is 0 Å². The molecule has 1 atom stereocenters. The van der Waals surface area contributed by atoms with Crippen LogP contribution in [0.15, 0.2) is 30.3 Å². The minimum Gasteiger partial charge on any atom is -0.356 e. The minimum atomic E-state index is -3.29. The molecule has 24 heavy (non-hydrogen) atoms. The first-order valence-electron chi connectivity index (χ1n) is 8.82. The molecule has 0 aliphatic carbocycles. The molecule has 1 saturated heterocycles. The Morgan fingerprint density at radius 2 is 2.04 bits per heavy atom. The normalized spacial score (nSPS) is 19.1. The molecule has 1 aliphatic heterocycles. The van der Waals surface area contributed by atoms with Crippen molar-refractivity contribution in [2.24, 2.45) is 5.92 Å². The molecule has 6 heteroatoms. The third kappa shape index (κ3) is 5.60. The average Bonchev–Trinajstić information content (AvgIpc) is 2.60. The Labute approximate surface area is 145 Å². The summed E-state index contributed by atoms with van der Waals surface area (Å²) >= 11 is 0. The summed E-state index contributed by atoms with van der Waals surface area (Å²) in [6.45, 7) is 3.51. The summed E-state index contributed by atoms with van der Waals surface area (Å²) in [6, 6.07) is 9.92. The second-order valence-corrected chi connectivity index (χ2v) is 8.48. The maximum absolute atomic E-state index is 12.6. The monoisotopic (exact) mass is 352 g/mol. The molecule has 0 radical (unpaired) electrons. The van der Waals surface area contributed by atoms with E-state index >= 15 is 0 Å². The maximum atomic E-state index is 12.6. The quantitative estimate of drug-likeness (QED) is 0.780. The molecule has 1 aliphatic rings. The lowest BCUT2D eigenvalue weighted by Crippen LogP contribution is -2.46. The van der Waals surface area contributed by atoms with E-state index < -0.39 is 10.0 Å². The van der Waals surface area contributed by atoms with Crippen LogP contribution in [-0.4, -0.2) is 44.0 Å². The summed E-state index contributed by atoms with van der Waals surface area (Å²) in [5.41, 5.74) is 1.16. The summed E-state index contributed by atoms with van der Waals surface area (Å²) < 4.78 is 26.6. The van der Waals surface area contributed by atoms with Gasteiger partial charge in [-0.25, -0.2) is 12.7 Å². The highest BCUT2D eigenvalue weighted by atomic mass is 32.2. The van der Waals surface area contributed by atoms with Gasteiger partial charge in [-0.2, -0.15) is 0 Å². The Kier molecular flexibility index (Phi) is 7.24. The van der Waals surface area contributed by atoms with Crippen molar-refractivity contribution in [2.75, 3.05) is 25.4 Å². The van der Waals surface area contributed by atoms with E-state index in [4.69, 9.17) is 0 Å². The summed E-state index contributed by atoms with van der Waals surface area (Å²) in [6.07, 6.45) is 3.78. The molecule has 0 saturated carbocycles. The van der Waals surface area contributed by atoms with Gasteiger partial charge in [0.25, 0.3) is 0 Å². The van der Waals surface area contributed by atoms with Crippen molar-refractivity contribution in [3.8, 4) is 0 Å². The van der Waals surface area contributed by atoms with Crippen LogP contribution in [0, 0.1) is 5.92 Å². The molecule has 0 bridgehead atoms. The Hall–Kier alpha value is -1.40. The summed E-state index contributed by atoms with van der Waals surface area (Å²) in [4.78, 5) is 12.1. The van der Waals surface area contributed by atoms with Gasteiger partial charge in [0, 0.05) is 19.6 Å². The fourth-order valence-electron chi connectivity index (χ4n) is 3.03. The SMILES string of the molecule is CCCNC(=O)[C@H]1CCCN(S(=O)(=O)CCCc2ccccc2)C1. The molecule has 1 N–H and O–H groups in total. The van der Waals surface area contributed by atoms with Crippen molar-refractivity contribution < 1.29 is 13.2 Å². The number of benzene rings is 1. The third-order valence-corrected chi connectivity index (χ3v) is 6.33. The molecule has 2 rings (SSSR count). The highest BCUT2D eigenvalue weighted by Gasteiger charge is 2.31. The van der Waals surface area contributed by atoms with Gasteiger partial charge < -0.3 is 5.32 Å². The molecule has 134 valence electrons. The van der Waals surface area contributed by atoms with Gasteiger partial charge in [0.15, 0.2) is 0 Å². The van der Waals surface area contributed by atoms with Crippen molar-refractivity contribution in [2.45, 2.75) is 39.0 Å². The zero-order valence-electron chi connectivity index (χ0n) is 14.4. The highest BCUT2D eigenvalue weighted by molar-refractivity contribution is 7.89. The van der Waals surface area contributed by atoms with Crippen molar-refractivity contribution in [3.63, 3.8) is 0 Å². The summed E-state index contributed by atoms with van der Waals surface area (Å²) in [7, 11) is -3.29. The van der Waals surface area contributed by atoms with E-state index in [0.29, 0.717) is 26.1 Å². The van der Waals surface area contributed by atoms with Crippen molar-refractivity contribution in [3.05, 3.63) is 35.9 Å². The topological polar surface area (TPSA) is 66.5 Å². The first-order chi connectivity index (χ1) is 11.5. The smallest absolute Gasteiger partial charge is 0.224 e. The number of rotatable bonds is 8. The molecule has 1 aromatic carbocycles. The number of sulfonamides is 1. The number of nitrogens with one attached hydrogen (secondary N) is 1. The van der Waals surface area contributed by atoms with Gasteiger partial charge >= 0.3 is 0 Å². The van der Waals surface area contributed by atoms with E-state index in [9.17, 15) is 13.2 Å². The van der Waals surface area contributed by atoms with Gasteiger partial charge in [0.1, 0.15) is 0 Å². The number of carbonyl (C=O) groups excluding carboxylic acids is 1. The van der Waals surface area contributed by atoms with Crippen LogP contribution in [0.25, 0.3) is 0 Å². The van der Waals surface area contributed by atoms with Gasteiger partial charge in [-0.05, 0) is 37.7 Å². The van der Waals surface area contributed by atoms with Crippen LogP contribution < -0.4 is 5.32 Å². The molecular weight excluding hydrogens is 324 g/mol. The number of carbonyl (C=O) groups is 1. The standard InChI is InChI=1S/C18H28N2O3S/c1-2-12-19-18(21)17-11-6-13-20(15-17)24(22,23)14-7-10-16-8-4-3-5-9-16/h3-5,8-9,17H,2,6-7,10-15H2,1H3,(H,19,21)/t17-/m0/s1. The van der Waals surface area contributed by atoms with Gasteiger partial charge in [-0.1, -0.05) is 37.3 Å². The summed E-state index contributed by atoms with van der Waals surface area (Å²) in [5, 5.41) is 2.88. The molecule has 1 amide bonds. The minimum absolute atomic E-state index is 0.0129. The molecule has 1 heterocycles.